The molecule has 0 radical (unpaired) electrons. The van der Waals surface area contributed by atoms with Crippen LogP contribution < -0.4 is 10.5 Å². The number of aryl methyl sites for hydroxylation is 1. The summed E-state index contributed by atoms with van der Waals surface area (Å²) in [5.41, 5.74) is 9.01. The van der Waals surface area contributed by atoms with Gasteiger partial charge in [-0.1, -0.05) is 0 Å². The van der Waals surface area contributed by atoms with Crippen LogP contribution in [-0.4, -0.2) is 11.7 Å². The maximum atomic E-state index is 6.28. The number of hydrogen-bond acceptors (Lipinski definition) is 3. The van der Waals surface area contributed by atoms with Gasteiger partial charge in [0.15, 0.2) is 5.76 Å². The summed E-state index contributed by atoms with van der Waals surface area (Å²) in [7, 11) is 1.66. The van der Waals surface area contributed by atoms with Crippen LogP contribution >= 0.6 is 0 Å². The monoisotopic (exact) mass is 256 g/mol. The van der Waals surface area contributed by atoms with Gasteiger partial charge in [-0.3, -0.25) is 0 Å². The van der Waals surface area contributed by atoms with Crippen LogP contribution in [0.1, 0.15) is 6.92 Å². The van der Waals surface area contributed by atoms with E-state index >= 15 is 0 Å². The van der Waals surface area contributed by atoms with E-state index in [-0.39, 0.29) is 0 Å². The molecule has 0 aliphatic rings. The molecule has 2 heterocycles. The summed E-state index contributed by atoms with van der Waals surface area (Å²) in [6.45, 7) is 2.90. The van der Waals surface area contributed by atoms with Crippen LogP contribution in [0, 0.1) is 0 Å². The summed E-state index contributed by atoms with van der Waals surface area (Å²) < 4.78 is 12.9. The number of anilines is 1. The van der Waals surface area contributed by atoms with Crippen LogP contribution in [0.4, 0.5) is 5.69 Å². The highest BCUT2D eigenvalue weighted by molar-refractivity contribution is 6.00. The van der Waals surface area contributed by atoms with E-state index in [0.717, 1.165) is 40.3 Å². The molecule has 0 amide bonds. The Hall–Kier alpha value is -2.36. The van der Waals surface area contributed by atoms with E-state index in [0.29, 0.717) is 0 Å². The average molecular weight is 256 g/mol. The molecule has 2 aromatic heterocycles. The number of nitrogen functional groups attached to an aromatic ring is 1. The van der Waals surface area contributed by atoms with Crippen molar-refractivity contribution in [1.29, 1.82) is 0 Å². The van der Waals surface area contributed by atoms with Gasteiger partial charge in [0.2, 0.25) is 0 Å². The number of rotatable bonds is 3. The molecule has 3 rings (SSSR count). The van der Waals surface area contributed by atoms with Crippen LogP contribution in [0.3, 0.4) is 0 Å². The number of aromatic nitrogens is 1. The normalized spacial score (nSPS) is 11.1. The average Bonchev–Trinajstić information content (AvgIpc) is 3.04. The van der Waals surface area contributed by atoms with Crippen molar-refractivity contribution in [3.63, 3.8) is 0 Å². The van der Waals surface area contributed by atoms with Crippen LogP contribution in [0.25, 0.3) is 22.4 Å². The van der Waals surface area contributed by atoms with Gasteiger partial charge in [0, 0.05) is 18.0 Å². The van der Waals surface area contributed by atoms with E-state index in [1.807, 2.05) is 30.3 Å². The molecule has 2 N–H and O–H groups in total. The largest absolute Gasteiger partial charge is 0.497 e. The van der Waals surface area contributed by atoms with Gasteiger partial charge in [-0.2, -0.15) is 0 Å². The van der Waals surface area contributed by atoms with Gasteiger partial charge in [0.05, 0.1) is 24.6 Å². The lowest BCUT2D eigenvalue weighted by Crippen LogP contribution is -1.97. The van der Waals surface area contributed by atoms with Crippen LogP contribution in [0.5, 0.6) is 5.75 Å². The minimum absolute atomic E-state index is 0.745. The van der Waals surface area contributed by atoms with Crippen molar-refractivity contribution in [2.45, 2.75) is 13.5 Å². The van der Waals surface area contributed by atoms with Crippen LogP contribution in [0.15, 0.2) is 41.0 Å². The maximum absolute atomic E-state index is 6.28. The van der Waals surface area contributed by atoms with Crippen molar-refractivity contribution in [1.82, 2.24) is 4.57 Å². The van der Waals surface area contributed by atoms with Gasteiger partial charge in [-0.15, -0.1) is 0 Å². The predicted molar refractivity (Wildman–Crippen MR) is 76.3 cm³/mol. The molecule has 0 bridgehead atoms. The second-order valence-corrected chi connectivity index (χ2v) is 4.37. The lowest BCUT2D eigenvalue weighted by atomic mass is 10.2. The standard InChI is InChI=1S/C15H16N2O2/c1-3-17-12-9-10(18-2)6-7-11(12)14(16)15(17)13-5-4-8-19-13/h4-9H,3,16H2,1-2H3. The smallest absolute Gasteiger partial charge is 0.152 e. The number of ether oxygens (including phenoxy) is 1. The minimum Gasteiger partial charge on any atom is -0.497 e. The Morgan fingerprint density at radius 2 is 2.16 bits per heavy atom. The first-order chi connectivity index (χ1) is 9.26. The Morgan fingerprint density at radius 3 is 2.79 bits per heavy atom. The molecular weight excluding hydrogens is 240 g/mol. The van der Waals surface area contributed by atoms with Crippen molar-refractivity contribution >= 4 is 16.6 Å². The SMILES string of the molecule is CCn1c(-c2ccco2)c(N)c2ccc(OC)cc21. The predicted octanol–water partition coefficient (Wildman–Crippen LogP) is 3.51. The summed E-state index contributed by atoms with van der Waals surface area (Å²) in [6, 6.07) is 9.70. The van der Waals surface area contributed by atoms with E-state index in [9.17, 15) is 0 Å². The molecule has 0 aliphatic heterocycles. The molecule has 4 heteroatoms. The highest BCUT2D eigenvalue weighted by Crippen LogP contribution is 2.37. The summed E-state index contributed by atoms with van der Waals surface area (Å²) in [6.07, 6.45) is 1.66. The molecule has 3 aromatic rings. The Bertz CT molecular complexity index is 711. The summed E-state index contributed by atoms with van der Waals surface area (Å²) >= 11 is 0. The van der Waals surface area contributed by atoms with Gasteiger partial charge in [0.1, 0.15) is 11.4 Å². The second-order valence-electron chi connectivity index (χ2n) is 4.37. The number of nitrogens with two attached hydrogens (primary N) is 1. The lowest BCUT2D eigenvalue weighted by Gasteiger charge is -2.06. The van der Waals surface area contributed by atoms with Crippen LogP contribution in [0.2, 0.25) is 0 Å². The first-order valence-corrected chi connectivity index (χ1v) is 6.25. The number of fused-ring (bicyclic) bond motifs is 1. The van der Waals surface area contributed by atoms with Crippen LogP contribution in [-0.2, 0) is 6.54 Å². The minimum atomic E-state index is 0.745. The van der Waals surface area contributed by atoms with E-state index in [1.165, 1.54) is 0 Å². The Kier molecular flexibility index (Phi) is 2.71. The molecule has 19 heavy (non-hydrogen) atoms. The summed E-state index contributed by atoms with van der Waals surface area (Å²) in [5, 5.41) is 1.02. The van der Waals surface area contributed by atoms with Gasteiger partial charge in [0.25, 0.3) is 0 Å². The fraction of sp³-hybridized carbons (Fsp3) is 0.200. The van der Waals surface area contributed by atoms with Gasteiger partial charge in [-0.05, 0) is 31.2 Å². The molecule has 4 nitrogen and oxygen atoms in total. The Balaban J connectivity index is 2.36. The third kappa shape index (κ3) is 1.68. The zero-order valence-corrected chi connectivity index (χ0v) is 11.0. The molecule has 0 spiro atoms. The molecule has 98 valence electrons. The van der Waals surface area contributed by atoms with E-state index in [2.05, 4.69) is 11.5 Å². The number of benzene rings is 1. The summed E-state index contributed by atoms with van der Waals surface area (Å²) in [5.74, 6) is 1.61. The van der Waals surface area contributed by atoms with Crippen molar-refractivity contribution in [2.24, 2.45) is 0 Å². The number of furan rings is 1. The quantitative estimate of drug-likeness (QED) is 0.780. The van der Waals surface area contributed by atoms with Crippen molar-refractivity contribution in [3.05, 3.63) is 36.6 Å². The molecule has 0 aliphatic carbocycles. The number of hydrogen-bond donors (Lipinski definition) is 1. The van der Waals surface area contributed by atoms with Crippen molar-refractivity contribution in [3.8, 4) is 17.2 Å². The molecule has 0 fully saturated rings. The Morgan fingerprint density at radius 1 is 1.32 bits per heavy atom. The van der Waals surface area contributed by atoms with Gasteiger partial charge in [-0.25, -0.2) is 0 Å². The number of nitrogens with zero attached hydrogens (tertiary/aromatic N) is 1. The fourth-order valence-electron chi connectivity index (χ4n) is 2.49. The topological polar surface area (TPSA) is 53.3 Å². The lowest BCUT2D eigenvalue weighted by molar-refractivity contribution is 0.415. The molecule has 1 aromatic carbocycles. The van der Waals surface area contributed by atoms with Gasteiger partial charge < -0.3 is 19.5 Å². The highest BCUT2D eigenvalue weighted by Gasteiger charge is 2.17. The highest BCUT2D eigenvalue weighted by atomic mass is 16.5. The Labute approximate surface area is 111 Å². The van der Waals surface area contributed by atoms with Gasteiger partial charge >= 0.3 is 0 Å². The van der Waals surface area contributed by atoms with E-state index in [4.69, 9.17) is 14.9 Å². The summed E-state index contributed by atoms with van der Waals surface area (Å²) in [4.78, 5) is 0. The third-order valence-corrected chi connectivity index (χ3v) is 3.38. The van der Waals surface area contributed by atoms with E-state index in [1.54, 1.807) is 13.4 Å². The molecular formula is C15H16N2O2. The molecule has 0 unspecified atom stereocenters. The fourth-order valence-corrected chi connectivity index (χ4v) is 2.49. The molecule has 0 saturated carbocycles. The van der Waals surface area contributed by atoms with Crippen molar-refractivity contribution < 1.29 is 9.15 Å². The van der Waals surface area contributed by atoms with E-state index < -0.39 is 0 Å². The molecule has 0 atom stereocenters. The first kappa shape index (κ1) is 11.7. The third-order valence-electron chi connectivity index (χ3n) is 3.38. The second kappa shape index (κ2) is 4.39. The first-order valence-electron chi connectivity index (χ1n) is 6.25. The maximum Gasteiger partial charge on any atom is 0.152 e. The zero-order chi connectivity index (χ0) is 13.4. The number of methoxy groups -OCH3 is 1. The van der Waals surface area contributed by atoms with Crippen molar-refractivity contribution in [2.75, 3.05) is 12.8 Å². The molecule has 0 saturated heterocycles. The zero-order valence-electron chi connectivity index (χ0n) is 11.0.